The predicted molar refractivity (Wildman–Crippen MR) is 119 cm³/mol. The van der Waals surface area contributed by atoms with E-state index in [1.54, 1.807) is 6.92 Å². The van der Waals surface area contributed by atoms with Crippen LogP contribution in [0.1, 0.15) is 18.1 Å². The average Bonchev–Trinajstić information content (AvgIpc) is 3.31. The van der Waals surface area contributed by atoms with E-state index in [0.29, 0.717) is 5.56 Å². The monoisotopic (exact) mass is 498 g/mol. The molecule has 0 aliphatic heterocycles. The van der Waals surface area contributed by atoms with E-state index in [1.165, 1.54) is 42.7 Å². The number of hydrogen-bond acceptors (Lipinski definition) is 8. The van der Waals surface area contributed by atoms with Gasteiger partial charge in [-0.1, -0.05) is 12.1 Å². The highest BCUT2D eigenvalue weighted by Gasteiger charge is 2.34. The van der Waals surface area contributed by atoms with Crippen LogP contribution >= 0.6 is 0 Å². The smallest absolute Gasteiger partial charge is 0.358 e. The van der Waals surface area contributed by atoms with Gasteiger partial charge < -0.3 is 9.57 Å². The van der Waals surface area contributed by atoms with Crippen molar-refractivity contribution in [3.63, 3.8) is 0 Å². The lowest BCUT2D eigenvalue weighted by molar-refractivity contribution is -0.137. The first-order valence-corrected chi connectivity index (χ1v) is 10.4. The van der Waals surface area contributed by atoms with Crippen LogP contribution in [0.4, 0.5) is 23.8 Å². The molecule has 184 valence electrons. The summed E-state index contributed by atoms with van der Waals surface area (Å²) >= 11 is 0. The quantitative estimate of drug-likeness (QED) is 0.300. The van der Waals surface area contributed by atoms with E-state index in [1.807, 2.05) is 6.07 Å². The van der Waals surface area contributed by atoms with Gasteiger partial charge in [0.05, 0.1) is 23.0 Å². The number of carbonyl (C=O) groups is 1. The molecule has 0 saturated carbocycles. The maximum atomic E-state index is 13.5. The van der Waals surface area contributed by atoms with E-state index in [-0.39, 0.29) is 41.8 Å². The van der Waals surface area contributed by atoms with Crippen LogP contribution in [0.3, 0.4) is 0 Å². The highest BCUT2D eigenvalue weighted by Crippen LogP contribution is 2.35. The number of halogens is 3. The summed E-state index contributed by atoms with van der Waals surface area (Å²) in [6.45, 7) is 1.66. The normalized spacial score (nSPS) is 11.2. The molecular weight excluding hydrogens is 481 g/mol. The fourth-order valence-electron chi connectivity index (χ4n) is 3.08. The first kappa shape index (κ1) is 24.4. The third-order valence-electron chi connectivity index (χ3n) is 4.73. The summed E-state index contributed by atoms with van der Waals surface area (Å²) in [5.74, 6) is 0.00638. The minimum atomic E-state index is -4.62. The second kappa shape index (κ2) is 10.2. The lowest BCUT2D eigenvalue weighted by Gasteiger charge is -2.21. The Morgan fingerprint density at radius 3 is 2.67 bits per heavy atom. The molecule has 11 nitrogen and oxygen atoms in total. The van der Waals surface area contributed by atoms with Crippen LogP contribution in [-0.4, -0.2) is 49.2 Å². The lowest BCUT2D eigenvalue weighted by atomic mass is 10.1. The molecule has 0 aliphatic rings. The summed E-state index contributed by atoms with van der Waals surface area (Å²) in [6, 6.07) is 8.96. The van der Waals surface area contributed by atoms with E-state index in [2.05, 4.69) is 25.4 Å². The van der Waals surface area contributed by atoms with Crippen LogP contribution in [0, 0.1) is 11.3 Å². The van der Waals surface area contributed by atoms with E-state index in [9.17, 15) is 18.0 Å². The van der Waals surface area contributed by atoms with Crippen molar-refractivity contribution in [2.45, 2.75) is 13.1 Å². The molecule has 14 heteroatoms. The molecule has 0 unspecified atom stereocenters. The summed E-state index contributed by atoms with van der Waals surface area (Å²) in [5.41, 5.74) is -0.797. The minimum Gasteiger partial charge on any atom is -0.358 e. The number of urea groups is 1. The zero-order valence-electron chi connectivity index (χ0n) is 18.6. The molecular formula is C22H17F3N8O3. The predicted octanol–water partition coefficient (Wildman–Crippen LogP) is 3.92. The summed E-state index contributed by atoms with van der Waals surface area (Å²) in [4.78, 5) is 30.5. The van der Waals surface area contributed by atoms with Gasteiger partial charge in [-0.15, -0.1) is 5.06 Å². The van der Waals surface area contributed by atoms with Gasteiger partial charge in [-0.2, -0.15) is 28.5 Å². The third kappa shape index (κ3) is 5.15. The highest BCUT2D eigenvalue weighted by molar-refractivity contribution is 5.88. The molecule has 0 spiro atoms. The number of fused-ring (bicyclic) bond motifs is 1. The number of hydrogen-bond donors (Lipinski definition) is 1. The van der Waals surface area contributed by atoms with Crippen molar-refractivity contribution in [3.05, 3.63) is 66.2 Å². The minimum absolute atomic E-state index is 0.0298. The van der Waals surface area contributed by atoms with Crippen LogP contribution in [0.5, 0.6) is 5.88 Å². The molecule has 3 aromatic heterocycles. The van der Waals surface area contributed by atoms with Crippen molar-refractivity contribution < 1.29 is 27.5 Å². The van der Waals surface area contributed by atoms with Crippen molar-refractivity contribution in [2.75, 3.05) is 18.7 Å². The number of nitrogens with one attached hydrogen (secondary N) is 1. The molecule has 0 saturated heterocycles. The number of benzene rings is 1. The van der Waals surface area contributed by atoms with E-state index in [4.69, 9.17) is 14.8 Å². The second-order valence-corrected chi connectivity index (χ2v) is 7.05. The lowest BCUT2D eigenvalue weighted by Crippen LogP contribution is -2.39. The van der Waals surface area contributed by atoms with Crippen LogP contribution in [-0.2, 0) is 10.9 Å². The van der Waals surface area contributed by atoms with Gasteiger partial charge in [0.1, 0.15) is 23.6 Å². The largest absolute Gasteiger partial charge is 0.418 e. The first-order valence-electron chi connectivity index (χ1n) is 10.4. The molecule has 0 radical (unpaired) electrons. The van der Waals surface area contributed by atoms with Gasteiger partial charge in [-0.05, 0) is 31.2 Å². The molecule has 0 atom stereocenters. The van der Waals surface area contributed by atoms with Gasteiger partial charge in [0.15, 0.2) is 12.4 Å². The number of pyridine rings is 1. The van der Waals surface area contributed by atoms with Crippen LogP contribution in [0.15, 0.2) is 55.1 Å². The number of anilines is 1. The van der Waals surface area contributed by atoms with Gasteiger partial charge >= 0.3 is 12.2 Å². The fourth-order valence-corrected chi connectivity index (χ4v) is 3.08. The summed E-state index contributed by atoms with van der Waals surface area (Å²) in [7, 11) is 0. The van der Waals surface area contributed by atoms with Gasteiger partial charge in [-0.3, -0.25) is 5.32 Å². The van der Waals surface area contributed by atoms with Crippen molar-refractivity contribution in [2.24, 2.45) is 0 Å². The molecule has 1 N–H and O–H groups in total. The molecule has 4 aromatic rings. The molecule has 3 heterocycles. The third-order valence-corrected chi connectivity index (χ3v) is 4.73. The maximum Gasteiger partial charge on any atom is 0.418 e. The first-order chi connectivity index (χ1) is 17.3. The number of nitrogens with zero attached hydrogens (tertiary/aromatic N) is 7. The molecule has 0 aliphatic carbocycles. The van der Waals surface area contributed by atoms with E-state index in [0.717, 1.165) is 22.1 Å². The van der Waals surface area contributed by atoms with E-state index < -0.39 is 17.8 Å². The number of aromatic nitrogens is 5. The Kier molecular flexibility index (Phi) is 6.93. The number of alkyl halides is 3. The molecule has 2 amide bonds. The zero-order valence-corrected chi connectivity index (χ0v) is 18.6. The Morgan fingerprint density at radius 1 is 1.17 bits per heavy atom. The molecule has 4 rings (SSSR count). The number of ether oxygens (including phenoxy) is 1. The summed E-state index contributed by atoms with van der Waals surface area (Å²) in [5, 5.41) is 16.4. The van der Waals surface area contributed by atoms with Gasteiger partial charge in [-0.25, -0.2) is 19.4 Å². The van der Waals surface area contributed by atoms with E-state index >= 15 is 0 Å². The zero-order chi connectivity index (χ0) is 25.7. The standard InChI is InChI=1S/C22H17F3N8O3/c1-2-35-13-32(21(34)31-18-8-7-14(9-26)10-27-18)36-20-15-11-30-33(19(15)28-12-29-20)17-6-4-3-5-16(17)22(23,24)25/h3-8,10-12H,2,13H2,1H3,(H,27,31,34). The Bertz CT molecular complexity index is 1420. The number of nitriles is 1. The maximum absolute atomic E-state index is 13.5. The number of hydroxylamine groups is 2. The van der Waals surface area contributed by atoms with Gasteiger partial charge in [0, 0.05) is 12.8 Å². The Morgan fingerprint density at radius 2 is 1.97 bits per heavy atom. The van der Waals surface area contributed by atoms with Crippen molar-refractivity contribution >= 4 is 22.9 Å². The number of para-hydroxylation sites is 1. The topological polar surface area (TPSA) is 131 Å². The fraction of sp³-hybridized carbons (Fsp3) is 0.182. The Balaban J connectivity index is 1.65. The Hall–Kier alpha value is -4.77. The number of rotatable bonds is 7. The second-order valence-electron chi connectivity index (χ2n) is 7.05. The van der Waals surface area contributed by atoms with Crippen molar-refractivity contribution in [1.82, 2.24) is 29.8 Å². The number of amides is 2. The van der Waals surface area contributed by atoms with Crippen LogP contribution < -0.4 is 10.2 Å². The molecule has 0 fully saturated rings. The molecule has 0 bridgehead atoms. The van der Waals surface area contributed by atoms with Crippen LogP contribution in [0.25, 0.3) is 16.7 Å². The summed E-state index contributed by atoms with van der Waals surface area (Å²) < 4.78 is 46.9. The molecule has 1 aromatic carbocycles. The van der Waals surface area contributed by atoms with Gasteiger partial charge in [0.25, 0.3) is 5.88 Å². The average molecular weight is 498 g/mol. The molecule has 36 heavy (non-hydrogen) atoms. The summed E-state index contributed by atoms with van der Waals surface area (Å²) in [6.07, 6.45) is -1.03. The highest BCUT2D eigenvalue weighted by atomic mass is 19.4. The number of carbonyl (C=O) groups excluding carboxylic acids is 1. The van der Waals surface area contributed by atoms with Crippen LogP contribution in [0.2, 0.25) is 0 Å². The Labute approximate surface area is 201 Å². The van der Waals surface area contributed by atoms with Crippen molar-refractivity contribution in [1.29, 1.82) is 5.26 Å². The van der Waals surface area contributed by atoms with Crippen molar-refractivity contribution in [3.8, 4) is 17.6 Å². The van der Waals surface area contributed by atoms with Gasteiger partial charge in [0.2, 0.25) is 0 Å². The SMILES string of the molecule is CCOCN(Oc1ncnc2c1cnn2-c1ccccc1C(F)(F)F)C(=O)Nc1ccc(C#N)cn1.